The van der Waals surface area contributed by atoms with Gasteiger partial charge in [0.2, 0.25) is 19.7 Å². The largest absolute Gasteiger partial charge is 0.497 e. The molecule has 0 atom stereocenters. The molecule has 42 heavy (non-hydrogen) atoms. The van der Waals surface area contributed by atoms with Crippen molar-refractivity contribution in [3.63, 3.8) is 0 Å². The van der Waals surface area contributed by atoms with Gasteiger partial charge in [0.1, 0.15) is 5.75 Å². The first-order chi connectivity index (χ1) is 20.0. The van der Waals surface area contributed by atoms with E-state index in [0.717, 1.165) is 16.7 Å². The van der Waals surface area contributed by atoms with Gasteiger partial charge in [0.25, 0.3) is 0 Å². The van der Waals surface area contributed by atoms with E-state index < -0.39 is 19.7 Å². The highest BCUT2D eigenvalue weighted by Crippen LogP contribution is 2.25. The van der Waals surface area contributed by atoms with Gasteiger partial charge in [-0.3, -0.25) is 0 Å². The summed E-state index contributed by atoms with van der Waals surface area (Å²) in [6, 6.07) is 26.5. The molecule has 0 saturated heterocycles. The lowest BCUT2D eigenvalue weighted by atomic mass is 10.1. The van der Waals surface area contributed by atoms with E-state index in [4.69, 9.17) is 4.74 Å². The fourth-order valence-electron chi connectivity index (χ4n) is 3.55. The first-order valence-electron chi connectivity index (χ1n) is 14.4. The highest BCUT2D eigenvalue weighted by molar-refractivity contribution is 7.91. The number of unbranched alkanes of at least 4 members (excludes halogenated alkanes) is 2. The van der Waals surface area contributed by atoms with Crippen LogP contribution in [-0.2, 0) is 26.1 Å². The Morgan fingerprint density at radius 3 is 1.05 bits per heavy atom. The lowest BCUT2D eigenvalue weighted by Gasteiger charge is -2.09. The van der Waals surface area contributed by atoms with Crippen LogP contribution in [0.4, 0.5) is 0 Å². The Labute approximate surface area is 253 Å². The monoisotopic (exact) mass is 608 g/mol. The number of rotatable bonds is 9. The van der Waals surface area contributed by atoms with Gasteiger partial charge in [0.15, 0.2) is 0 Å². The van der Waals surface area contributed by atoms with E-state index in [1.54, 1.807) is 84.9 Å². The maximum absolute atomic E-state index is 12.9. The molecule has 0 aliphatic heterocycles. The van der Waals surface area contributed by atoms with Gasteiger partial charge in [-0.15, -0.1) is 0 Å². The number of methoxy groups -OCH3 is 1. The van der Waals surface area contributed by atoms with Crippen molar-refractivity contribution in [1.82, 2.24) is 0 Å². The summed E-state index contributed by atoms with van der Waals surface area (Å²) >= 11 is 0. The molecule has 0 amide bonds. The van der Waals surface area contributed by atoms with Crippen molar-refractivity contribution in [3.8, 4) is 5.75 Å². The van der Waals surface area contributed by atoms with Crippen molar-refractivity contribution in [2.45, 2.75) is 86.3 Å². The number of benzene rings is 4. The summed E-state index contributed by atoms with van der Waals surface area (Å²) < 4.78 is 56.5. The van der Waals surface area contributed by atoms with E-state index in [2.05, 4.69) is 27.7 Å². The summed E-state index contributed by atoms with van der Waals surface area (Å²) in [5.74, 6) is 0.590. The summed E-state index contributed by atoms with van der Waals surface area (Å²) in [6.07, 6.45) is 5.83. The molecule has 0 aliphatic carbocycles. The van der Waals surface area contributed by atoms with E-state index in [0.29, 0.717) is 12.2 Å². The van der Waals surface area contributed by atoms with Crippen molar-refractivity contribution < 1.29 is 21.6 Å². The molecule has 0 heterocycles. The second-order valence-corrected chi connectivity index (χ2v) is 13.9. The fourth-order valence-corrected chi connectivity index (χ4v) is 6.07. The van der Waals surface area contributed by atoms with Crippen molar-refractivity contribution >= 4 is 19.7 Å². The number of aryl methyl sites for hydroxylation is 1. The summed E-state index contributed by atoms with van der Waals surface area (Å²) in [5.41, 5.74) is 2.84. The predicted molar refractivity (Wildman–Crippen MR) is 172 cm³/mol. The van der Waals surface area contributed by atoms with E-state index in [1.807, 2.05) is 6.92 Å². The van der Waals surface area contributed by atoms with Crippen molar-refractivity contribution in [2.24, 2.45) is 0 Å². The van der Waals surface area contributed by atoms with Gasteiger partial charge in [0, 0.05) is 0 Å². The number of ether oxygens (including phenoxy) is 1. The summed E-state index contributed by atoms with van der Waals surface area (Å²) in [7, 11) is -5.67. The second kappa shape index (κ2) is 16.9. The lowest BCUT2D eigenvalue weighted by molar-refractivity contribution is 0.414. The third-order valence-corrected chi connectivity index (χ3v) is 10.1. The van der Waals surface area contributed by atoms with E-state index in [1.165, 1.54) is 44.9 Å². The third kappa shape index (κ3) is 9.85. The molecule has 0 fully saturated rings. The Morgan fingerprint density at radius 2 is 0.762 bits per heavy atom. The van der Waals surface area contributed by atoms with Gasteiger partial charge in [-0.05, 0) is 85.1 Å². The molecule has 0 aliphatic rings. The molecule has 0 saturated carbocycles. The molecule has 4 rings (SSSR count). The zero-order valence-electron chi connectivity index (χ0n) is 25.6. The molecule has 0 aromatic heterocycles. The van der Waals surface area contributed by atoms with E-state index in [9.17, 15) is 16.8 Å². The van der Waals surface area contributed by atoms with Gasteiger partial charge >= 0.3 is 0 Å². The summed E-state index contributed by atoms with van der Waals surface area (Å²) in [5, 5.41) is 0. The third-order valence-electron chi connectivity index (χ3n) is 6.58. The fraction of sp³-hybridized carbons (Fsp3) is 0.314. The van der Waals surface area contributed by atoms with Gasteiger partial charge in [-0.2, -0.15) is 0 Å². The van der Waals surface area contributed by atoms with Crippen LogP contribution in [0.15, 0.2) is 117 Å². The van der Waals surface area contributed by atoms with Crippen LogP contribution in [0.25, 0.3) is 0 Å². The number of hydrogen-bond donors (Lipinski definition) is 0. The van der Waals surface area contributed by atoms with Crippen LogP contribution >= 0.6 is 0 Å². The molecule has 0 N–H and O–H groups in total. The second-order valence-electron chi connectivity index (χ2n) is 9.96. The molecule has 0 radical (unpaired) electrons. The molecular formula is C35H44O5S2. The van der Waals surface area contributed by atoms with Crippen LogP contribution in [-0.4, -0.2) is 23.9 Å². The number of sulfone groups is 2. The maximum atomic E-state index is 12.9. The average Bonchev–Trinajstić information content (AvgIpc) is 3.02. The number of hydrogen-bond acceptors (Lipinski definition) is 5. The highest BCUT2D eigenvalue weighted by atomic mass is 32.2. The van der Waals surface area contributed by atoms with Crippen LogP contribution in [0.1, 0.15) is 70.1 Å². The Balaban J connectivity index is 0.000000686. The van der Waals surface area contributed by atoms with Gasteiger partial charge in [-0.1, -0.05) is 95.3 Å². The Morgan fingerprint density at radius 1 is 0.476 bits per heavy atom. The Bertz CT molecular complexity index is 1550. The first-order valence-corrected chi connectivity index (χ1v) is 17.4. The normalized spacial score (nSPS) is 11.0. The average molecular weight is 609 g/mol. The van der Waals surface area contributed by atoms with E-state index >= 15 is 0 Å². The zero-order chi connectivity index (χ0) is 31.2. The first kappa shape index (κ1) is 34.8. The molecule has 4 aromatic rings. The van der Waals surface area contributed by atoms with E-state index in [-0.39, 0.29) is 19.6 Å². The van der Waals surface area contributed by atoms with Gasteiger partial charge in [0.05, 0.1) is 26.7 Å². The van der Waals surface area contributed by atoms with Crippen LogP contribution < -0.4 is 4.74 Å². The molecule has 0 bridgehead atoms. The van der Waals surface area contributed by atoms with Gasteiger partial charge < -0.3 is 4.74 Å². The Kier molecular flexibility index (Phi) is 14.0. The van der Waals surface area contributed by atoms with Crippen LogP contribution in [0.2, 0.25) is 0 Å². The zero-order valence-corrected chi connectivity index (χ0v) is 27.3. The SMILES string of the molecule is CCCC.CCCC.COc1ccc(S(=O)(=O)c2ccc(Cc3ccc(S(=O)(=O)c4ccc(C)cc4)cc3)cc2)cc1. The Hall–Kier alpha value is -3.42. The van der Waals surface area contributed by atoms with Crippen LogP contribution in [0.5, 0.6) is 5.75 Å². The molecular weight excluding hydrogens is 565 g/mol. The van der Waals surface area contributed by atoms with Crippen LogP contribution in [0.3, 0.4) is 0 Å². The summed E-state index contributed by atoms with van der Waals surface area (Å²) in [6.45, 7) is 10.6. The molecule has 7 heteroatoms. The maximum Gasteiger partial charge on any atom is 0.206 e. The molecule has 0 spiro atoms. The minimum Gasteiger partial charge on any atom is -0.497 e. The van der Waals surface area contributed by atoms with Crippen molar-refractivity contribution in [1.29, 1.82) is 0 Å². The highest BCUT2D eigenvalue weighted by Gasteiger charge is 2.19. The minimum atomic E-state index is -3.63. The standard InChI is InChI=1S/C27H24O5S2.2C4H10/c1-20-3-11-24(12-4-20)33(28,29)25-13-5-21(6-14-25)19-22-7-15-26(16-8-22)34(30,31)27-17-9-23(32-2)10-18-27;2*1-3-4-2/h3-18H,19H2,1-2H3;2*3-4H2,1-2H3. The smallest absolute Gasteiger partial charge is 0.206 e. The molecule has 5 nitrogen and oxygen atoms in total. The molecule has 0 unspecified atom stereocenters. The lowest BCUT2D eigenvalue weighted by Crippen LogP contribution is -2.03. The molecule has 226 valence electrons. The quantitative estimate of drug-likeness (QED) is 0.190. The van der Waals surface area contributed by atoms with Crippen molar-refractivity contribution in [2.75, 3.05) is 7.11 Å². The minimum absolute atomic E-state index is 0.200. The predicted octanol–water partition coefficient (Wildman–Crippen LogP) is 8.87. The topological polar surface area (TPSA) is 77.5 Å². The summed E-state index contributed by atoms with van der Waals surface area (Å²) in [4.78, 5) is 0.910. The van der Waals surface area contributed by atoms with Crippen molar-refractivity contribution in [3.05, 3.63) is 114 Å². The van der Waals surface area contributed by atoms with Gasteiger partial charge in [-0.25, -0.2) is 16.8 Å². The molecule has 4 aromatic carbocycles. The van der Waals surface area contributed by atoms with Crippen LogP contribution in [0, 0.1) is 6.92 Å².